The van der Waals surface area contributed by atoms with Crippen LogP contribution in [0, 0.1) is 3.57 Å². The molecule has 0 aromatic heterocycles. The molecule has 0 radical (unpaired) electrons. The number of benzene rings is 2. The summed E-state index contributed by atoms with van der Waals surface area (Å²) >= 11 is -1.55. The second kappa shape index (κ2) is 4.14. The van der Waals surface area contributed by atoms with Gasteiger partial charge in [0.05, 0.1) is 0 Å². The van der Waals surface area contributed by atoms with Crippen LogP contribution in [0.3, 0.4) is 0 Å². The van der Waals surface area contributed by atoms with Crippen molar-refractivity contribution >= 4 is 31.7 Å². The van der Waals surface area contributed by atoms with Gasteiger partial charge in [-0.25, -0.2) is 0 Å². The molecule has 0 aliphatic carbocycles. The molecule has 3 rings (SSSR count). The van der Waals surface area contributed by atoms with Gasteiger partial charge in [-0.2, -0.15) is 0 Å². The van der Waals surface area contributed by atoms with Crippen LogP contribution in [0.1, 0.15) is 10.4 Å². The Morgan fingerprint density at radius 2 is 1.59 bits per heavy atom. The van der Waals surface area contributed by atoms with Crippen LogP contribution in [0.5, 0.6) is 0 Å². The van der Waals surface area contributed by atoms with E-state index in [0.29, 0.717) is 0 Å². The minimum atomic E-state index is -1.55. The number of nitrogens with zero attached hydrogens (tertiary/aromatic N) is 1. The molecule has 1 aliphatic heterocycles. The molecule has 1 heterocycles. The van der Waals surface area contributed by atoms with Gasteiger partial charge in [0.15, 0.2) is 0 Å². The maximum absolute atomic E-state index is 12.4. The molecular formula is C14H12INO. The van der Waals surface area contributed by atoms with E-state index in [0.717, 1.165) is 11.3 Å². The fourth-order valence-corrected chi connectivity index (χ4v) is 6.58. The van der Waals surface area contributed by atoms with Crippen LogP contribution in [0.25, 0.3) is 0 Å². The van der Waals surface area contributed by atoms with Crippen molar-refractivity contribution in [3.8, 4) is 0 Å². The molecule has 0 fully saturated rings. The number of hydrogen-bond acceptors (Lipinski definition) is 1. The van der Waals surface area contributed by atoms with Gasteiger partial charge in [0.25, 0.3) is 0 Å². The predicted molar refractivity (Wildman–Crippen MR) is 78.3 cm³/mol. The molecule has 2 aromatic rings. The van der Waals surface area contributed by atoms with Gasteiger partial charge in [-0.1, -0.05) is 0 Å². The van der Waals surface area contributed by atoms with Gasteiger partial charge in [0.1, 0.15) is 0 Å². The summed E-state index contributed by atoms with van der Waals surface area (Å²) in [6.07, 6.45) is 0. The monoisotopic (exact) mass is 337 g/mol. The molecule has 0 saturated heterocycles. The topological polar surface area (TPSA) is 20.3 Å². The second-order valence-corrected chi connectivity index (χ2v) is 8.50. The molecule has 0 unspecified atom stereocenters. The zero-order valence-electron chi connectivity index (χ0n) is 9.43. The number of anilines is 1. The number of carbonyl (C=O) groups excluding carboxylic acids is 1. The Morgan fingerprint density at radius 1 is 0.941 bits per heavy atom. The van der Waals surface area contributed by atoms with E-state index in [-0.39, 0.29) is 5.91 Å². The van der Waals surface area contributed by atoms with Gasteiger partial charge in [-0.15, -0.1) is 0 Å². The first-order valence-electron chi connectivity index (χ1n) is 5.38. The summed E-state index contributed by atoms with van der Waals surface area (Å²) in [6.45, 7) is 0. The van der Waals surface area contributed by atoms with Gasteiger partial charge in [-0.05, 0) is 0 Å². The summed E-state index contributed by atoms with van der Waals surface area (Å²) in [5.41, 5.74) is 1.92. The number of amides is 1. The number of fused-ring (bicyclic) bond motifs is 1. The van der Waals surface area contributed by atoms with Gasteiger partial charge < -0.3 is 0 Å². The Hall–Kier alpha value is -1.36. The molecule has 1 amide bonds. The zero-order chi connectivity index (χ0) is 11.8. The van der Waals surface area contributed by atoms with E-state index in [4.69, 9.17) is 0 Å². The van der Waals surface area contributed by atoms with Crippen LogP contribution in [-0.2, 0) is 0 Å². The summed E-state index contributed by atoms with van der Waals surface area (Å²) in [4.78, 5) is 14.6. The number of carbonyl (C=O) groups is 1. The Bertz CT molecular complexity index is 567. The third-order valence-electron chi connectivity index (χ3n) is 2.81. The number of alkyl halides is 1. The van der Waals surface area contributed by atoms with Crippen molar-refractivity contribution < 1.29 is 4.79 Å². The van der Waals surface area contributed by atoms with Crippen LogP contribution in [0.2, 0.25) is 0 Å². The molecule has 3 heteroatoms. The molecular weight excluding hydrogens is 325 g/mol. The van der Waals surface area contributed by atoms with Gasteiger partial charge >= 0.3 is 108 Å². The summed E-state index contributed by atoms with van der Waals surface area (Å²) in [5.74, 6) is 0.166. The molecule has 2 nitrogen and oxygen atoms in total. The van der Waals surface area contributed by atoms with Crippen molar-refractivity contribution in [3.05, 3.63) is 63.7 Å². The van der Waals surface area contributed by atoms with E-state index in [1.165, 1.54) is 3.57 Å². The van der Waals surface area contributed by atoms with Crippen LogP contribution < -0.4 is 3.11 Å². The first-order valence-corrected chi connectivity index (χ1v) is 9.58. The number of hydrogen-bond donors (Lipinski definition) is 0. The van der Waals surface area contributed by atoms with E-state index < -0.39 is 20.1 Å². The molecule has 0 saturated carbocycles. The molecule has 2 aromatic carbocycles. The SMILES string of the molecule is CI1c2ccccc2C(=O)N1c1ccccc1. The van der Waals surface area contributed by atoms with Crippen molar-refractivity contribution in [2.24, 2.45) is 0 Å². The van der Waals surface area contributed by atoms with E-state index in [1.54, 1.807) is 0 Å². The van der Waals surface area contributed by atoms with Crippen LogP contribution >= 0.6 is 20.1 Å². The second-order valence-electron chi connectivity index (χ2n) is 3.84. The summed E-state index contributed by atoms with van der Waals surface area (Å²) < 4.78 is 3.28. The average Bonchev–Trinajstić information content (AvgIpc) is 2.64. The third kappa shape index (κ3) is 1.65. The maximum atomic E-state index is 12.4. The Balaban J connectivity index is 2.10. The quantitative estimate of drug-likeness (QED) is 0.443. The van der Waals surface area contributed by atoms with E-state index in [9.17, 15) is 4.79 Å². The summed E-state index contributed by atoms with van der Waals surface area (Å²) in [7, 11) is 0. The Kier molecular flexibility index (Phi) is 2.63. The molecule has 0 bridgehead atoms. The molecule has 0 atom stereocenters. The molecule has 0 N–H and O–H groups in total. The minimum absolute atomic E-state index is 0.166. The molecule has 1 aliphatic rings. The Labute approximate surface area is 108 Å². The number of rotatable bonds is 1. The molecule has 86 valence electrons. The van der Waals surface area contributed by atoms with Crippen molar-refractivity contribution in [2.75, 3.05) is 8.04 Å². The van der Waals surface area contributed by atoms with Crippen molar-refractivity contribution in [1.29, 1.82) is 0 Å². The van der Waals surface area contributed by atoms with Crippen LogP contribution in [-0.4, -0.2) is 10.8 Å². The van der Waals surface area contributed by atoms with Gasteiger partial charge in [0.2, 0.25) is 0 Å². The van der Waals surface area contributed by atoms with E-state index >= 15 is 0 Å². The van der Waals surface area contributed by atoms with Crippen LogP contribution in [0.15, 0.2) is 54.6 Å². The third-order valence-corrected chi connectivity index (χ3v) is 7.88. The van der Waals surface area contributed by atoms with E-state index in [1.807, 2.05) is 51.6 Å². The first kappa shape index (κ1) is 10.8. The first-order chi connectivity index (χ1) is 8.29. The van der Waals surface area contributed by atoms with Crippen molar-refractivity contribution in [2.45, 2.75) is 0 Å². The number of halogens is 1. The van der Waals surface area contributed by atoms with Crippen molar-refractivity contribution in [3.63, 3.8) is 0 Å². The zero-order valence-corrected chi connectivity index (χ0v) is 11.6. The molecule has 0 spiro atoms. The summed E-state index contributed by atoms with van der Waals surface area (Å²) in [5, 5.41) is 0. The standard InChI is InChI=1S/C14H12INO/c1-15-13-10-6-5-9-12(13)14(17)16(15)11-7-3-2-4-8-11/h2-10H,1H3. The van der Waals surface area contributed by atoms with Crippen molar-refractivity contribution in [1.82, 2.24) is 0 Å². The summed E-state index contributed by atoms with van der Waals surface area (Å²) in [6, 6.07) is 18.0. The fraction of sp³-hybridized carbons (Fsp3) is 0.0714. The van der Waals surface area contributed by atoms with Gasteiger partial charge in [-0.3, -0.25) is 0 Å². The number of para-hydroxylation sites is 1. The average molecular weight is 337 g/mol. The predicted octanol–water partition coefficient (Wildman–Crippen LogP) is 3.57. The normalized spacial score (nSPS) is 16.2. The van der Waals surface area contributed by atoms with Gasteiger partial charge in [0, 0.05) is 0 Å². The fourth-order valence-electron chi connectivity index (χ4n) is 2.01. The van der Waals surface area contributed by atoms with Crippen LogP contribution in [0.4, 0.5) is 5.69 Å². The van der Waals surface area contributed by atoms with E-state index in [2.05, 4.69) is 11.0 Å². The molecule has 17 heavy (non-hydrogen) atoms. The Morgan fingerprint density at radius 3 is 2.29 bits per heavy atom.